The molecule has 0 saturated carbocycles. The highest BCUT2D eigenvalue weighted by molar-refractivity contribution is 5.90. The molecule has 0 bridgehead atoms. The van der Waals surface area contributed by atoms with Crippen molar-refractivity contribution in [2.75, 3.05) is 13.2 Å². The fourth-order valence-electron chi connectivity index (χ4n) is 2.11. The van der Waals surface area contributed by atoms with Gasteiger partial charge in [-0.3, -0.25) is 9.89 Å². The molecule has 0 spiro atoms. The van der Waals surface area contributed by atoms with Crippen molar-refractivity contribution in [3.8, 4) is 0 Å². The second-order valence-electron chi connectivity index (χ2n) is 5.95. The Morgan fingerprint density at radius 3 is 2.35 bits per heavy atom. The van der Waals surface area contributed by atoms with Gasteiger partial charge in [-0.25, -0.2) is 4.98 Å². The van der Waals surface area contributed by atoms with Crippen LogP contribution in [-0.4, -0.2) is 50.3 Å². The van der Waals surface area contributed by atoms with Gasteiger partial charge in [0.05, 0.1) is 6.61 Å². The van der Waals surface area contributed by atoms with Crippen molar-refractivity contribution in [2.45, 2.75) is 58.9 Å². The van der Waals surface area contributed by atoms with Crippen molar-refractivity contribution in [1.82, 2.24) is 20.1 Å². The van der Waals surface area contributed by atoms with Crippen LogP contribution >= 0.6 is 0 Å². The summed E-state index contributed by atoms with van der Waals surface area (Å²) in [5.41, 5.74) is -0.178. The zero-order chi connectivity index (χ0) is 15.3. The molecule has 1 rings (SSSR count). The second kappa shape index (κ2) is 6.83. The number of aliphatic hydroxyl groups excluding tert-OH is 1. The van der Waals surface area contributed by atoms with Gasteiger partial charge in [0, 0.05) is 18.0 Å². The average Bonchev–Trinajstić information content (AvgIpc) is 2.87. The van der Waals surface area contributed by atoms with E-state index in [1.165, 1.54) is 0 Å². The number of aromatic nitrogens is 3. The van der Waals surface area contributed by atoms with E-state index in [0.717, 1.165) is 12.8 Å². The maximum atomic E-state index is 12.5. The highest BCUT2D eigenvalue weighted by atomic mass is 16.3. The minimum absolute atomic E-state index is 0.0568. The lowest BCUT2D eigenvalue weighted by atomic mass is 9.96. The summed E-state index contributed by atoms with van der Waals surface area (Å²) in [6.07, 6.45) is 1.69. The number of nitrogens with one attached hydrogen (secondary N) is 1. The largest absolute Gasteiger partial charge is 0.395 e. The highest BCUT2D eigenvalue weighted by Crippen LogP contribution is 2.18. The molecule has 1 aromatic rings. The summed E-state index contributed by atoms with van der Waals surface area (Å²) in [6, 6.07) is 0.103. The van der Waals surface area contributed by atoms with Crippen LogP contribution in [0, 0.1) is 0 Å². The minimum Gasteiger partial charge on any atom is -0.395 e. The minimum atomic E-state index is -0.223. The number of aliphatic hydroxyl groups is 1. The van der Waals surface area contributed by atoms with Gasteiger partial charge in [0.1, 0.15) is 5.82 Å². The van der Waals surface area contributed by atoms with Gasteiger partial charge >= 0.3 is 0 Å². The molecule has 0 aromatic carbocycles. The summed E-state index contributed by atoms with van der Waals surface area (Å²) in [5, 5.41) is 16.0. The van der Waals surface area contributed by atoms with Crippen LogP contribution in [0.1, 0.15) is 63.9 Å². The molecule has 20 heavy (non-hydrogen) atoms. The molecule has 0 aliphatic rings. The van der Waals surface area contributed by atoms with E-state index in [1.54, 1.807) is 4.90 Å². The SMILES string of the molecule is CCC(CC)N(CCO)C(=O)c1n[nH]c(C(C)(C)C)n1. The lowest BCUT2D eigenvalue weighted by molar-refractivity contribution is 0.0610. The highest BCUT2D eigenvalue weighted by Gasteiger charge is 2.27. The number of rotatable bonds is 6. The van der Waals surface area contributed by atoms with Gasteiger partial charge in [-0.2, -0.15) is 0 Å². The molecule has 0 unspecified atom stereocenters. The van der Waals surface area contributed by atoms with Crippen molar-refractivity contribution in [3.05, 3.63) is 11.6 Å². The molecule has 0 fully saturated rings. The van der Waals surface area contributed by atoms with Crippen LogP contribution in [0.25, 0.3) is 0 Å². The van der Waals surface area contributed by atoms with Crippen molar-refractivity contribution in [3.63, 3.8) is 0 Å². The van der Waals surface area contributed by atoms with Gasteiger partial charge in [0.15, 0.2) is 0 Å². The molecule has 0 radical (unpaired) electrons. The van der Waals surface area contributed by atoms with Gasteiger partial charge in [0.25, 0.3) is 5.91 Å². The van der Waals surface area contributed by atoms with Gasteiger partial charge in [-0.05, 0) is 12.8 Å². The first kappa shape index (κ1) is 16.6. The van der Waals surface area contributed by atoms with Crippen LogP contribution in [0.5, 0.6) is 0 Å². The summed E-state index contributed by atoms with van der Waals surface area (Å²) in [6.45, 7) is 10.3. The Bertz CT molecular complexity index is 433. The Kier molecular flexibility index (Phi) is 5.68. The molecule has 1 amide bonds. The lowest BCUT2D eigenvalue weighted by Gasteiger charge is -2.28. The van der Waals surface area contributed by atoms with Crippen LogP contribution in [0.15, 0.2) is 0 Å². The Balaban J connectivity index is 2.97. The standard InChI is InChI=1S/C14H26N4O2/c1-6-10(7-2)18(8-9-19)12(20)11-15-13(17-16-11)14(3,4)5/h10,19H,6-9H2,1-5H3,(H,15,16,17). The van der Waals surface area contributed by atoms with Crippen LogP contribution in [-0.2, 0) is 5.41 Å². The van der Waals surface area contributed by atoms with E-state index >= 15 is 0 Å². The summed E-state index contributed by atoms with van der Waals surface area (Å²) < 4.78 is 0. The zero-order valence-electron chi connectivity index (χ0n) is 13.1. The molecule has 0 aliphatic carbocycles. The number of carbonyl (C=O) groups excluding carboxylic acids is 1. The van der Waals surface area contributed by atoms with Crippen LogP contribution < -0.4 is 0 Å². The van der Waals surface area contributed by atoms with Crippen molar-refractivity contribution in [1.29, 1.82) is 0 Å². The van der Waals surface area contributed by atoms with Gasteiger partial charge < -0.3 is 10.0 Å². The van der Waals surface area contributed by atoms with Gasteiger partial charge in [-0.1, -0.05) is 34.6 Å². The first-order chi connectivity index (χ1) is 9.35. The third kappa shape index (κ3) is 3.79. The lowest BCUT2D eigenvalue weighted by Crippen LogP contribution is -2.42. The normalized spacial score (nSPS) is 11.9. The number of nitrogens with zero attached hydrogens (tertiary/aromatic N) is 3. The fraction of sp³-hybridized carbons (Fsp3) is 0.786. The molecule has 6 heteroatoms. The molecular formula is C14H26N4O2. The topological polar surface area (TPSA) is 82.1 Å². The molecule has 1 heterocycles. The number of H-pyrrole nitrogens is 1. The van der Waals surface area contributed by atoms with E-state index in [1.807, 2.05) is 34.6 Å². The number of hydrogen-bond acceptors (Lipinski definition) is 4. The summed E-state index contributed by atoms with van der Waals surface area (Å²) in [7, 11) is 0. The second-order valence-corrected chi connectivity index (χ2v) is 5.95. The van der Waals surface area contributed by atoms with E-state index < -0.39 is 0 Å². The van der Waals surface area contributed by atoms with Crippen molar-refractivity contribution < 1.29 is 9.90 Å². The smallest absolute Gasteiger partial charge is 0.293 e. The van der Waals surface area contributed by atoms with Crippen molar-refractivity contribution >= 4 is 5.91 Å². The first-order valence-corrected chi connectivity index (χ1v) is 7.19. The molecule has 0 atom stereocenters. The number of carbonyl (C=O) groups is 1. The average molecular weight is 282 g/mol. The van der Waals surface area contributed by atoms with Crippen LogP contribution in [0.2, 0.25) is 0 Å². The first-order valence-electron chi connectivity index (χ1n) is 7.19. The molecule has 0 aliphatic heterocycles. The van der Waals surface area contributed by atoms with Crippen molar-refractivity contribution in [2.24, 2.45) is 0 Å². The summed E-state index contributed by atoms with van der Waals surface area (Å²) in [5.74, 6) is 0.643. The number of hydrogen-bond donors (Lipinski definition) is 2. The van der Waals surface area contributed by atoms with Gasteiger partial charge in [0.2, 0.25) is 5.82 Å². The molecule has 0 saturated heterocycles. The van der Waals surface area contributed by atoms with E-state index in [0.29, 0.717) is 12.4 Å². The number of aromatic amines is 1. The predicted molar refractivity (Wildman–Crippen MR) is 77.6 cm³/mol. The Morgan fingerprint density at radius 1 is 1.35 bits per heavy atom. The Labute approximate surface area is 120 Å². The van der Waals surface area contributed by atoms with E-state index in [2.05, 4.69) is 15.2 Å². The quantitative estimate of drug-likeness (QED) is 0.832. The van der Waals surface area contributed by atoms with E-state index in [4.69, 9.17) is 5.11 Å². The molecular weight excluding hydrogens is 256 g/mol. The molecule has 1 aromatic heterocycles. The van der Waals surface area contributed by atoms with E-state index in [9.17, 15) is 4.79 Å². The predicted octanol–water partition coefficient (Wildman–Crippen LogP) is 1.73. The third-order valence-corrected chi connectivity index (χ3v) is 3.37. The maximum Gasteiger partial charge on any atom is 0.293 e. The maximum absolute atomic E-state index is 12.5. The molecule has 114 valence electrons. The zero-order valence-corrected chi connectivity index (χ0v) is 13.1. The molecule has 2 N–H and O–H groups in total. The van der Waals surface area contributed by atoms with E-state index in [-0.39, 0.29) is 29.8 Å². The Hall–Kier alpha value is -1.43. The molecule has 6 nitrogen and oxygen atoms in total. The summed E-state index contributed by atoms with van der Waals surface area (Å²) in [4.78, 5) is 18.5. The number of amides is 1. The fourth-order valence-corrected chi connectivity index (χ4v) is 2.11. The Morgan fingerprint density at radius 2 is 1.95 bits per heavy atom. The van der Waals surface area contributed by atoms with Gasteiger partial charge in [-0.15, -0.1) is 5.10 Å². The third-order valence-electron chi connectivity index (χ3n) is 3.37. The monoisotopic (exact) mass is 282 g/mol. The van der Waals surface area contributed by atoms with Crippen LogP contribution in [0.3, 0.4) is 0 Å². The summed E-state index contributed by atoms with van der Waals surface area (Å²) >= 11 is 0. The van der Waals surface area contributed by atoms with Crippen LogP contribution in [0.4, 0.5) is 0 Å².